The van der Waals surface area contributed by atoms with Gasteiger partial charge in [-0.1, -0.05) is 30.3 Å². The van der Waals surface area contributed by atoms with Crippen LogP contribution in [0.5, 0.6) is 0 Å². The molecule has 0 atom stereocenters. The van der Waals surface area contributed by atoms with Crippen LogP contribution in [-0.2, 0) is 19.6 Å². The van der Waals surface area contributed by atoms with E-state index in [-0.39, 0.29) is 5.91 Å². The average Bonchev–Trinajstić information content (AvgIpc) is 3.22. The number of carbonyl (C=O) groups is 1. The molecule has 0 fully saturated rings. The van der Waals surface area contributed by atoms with E-state index >= 15 is 0 Å². The summed E-state index contributed by atoms with van der Waals surface area (Å²) in [4.78, 5) is 14.8. The van der Waals surface area contributed by atoms with Gasteiger partial charge < -0.3 is 14.0 Å². The van der Waals surface area contributed by atoms with Crippen LogP contribution in [0.3, 0.4) is 0 Å². The summed E-state index contributed by atoms with van der Waals surface area (Å²) in [7, 11) is 0. The van der Waals surface area contributed by atoms with Crippen LogP contribution in [0.2, 0.25) is 0 Å². The number of carbonyl (C=O) groups excluding carboxylic acids is 1. The molecule has 122 valence electrons. The Bertz CT molecular complexity index is 865. The molecular formula is C18H19N5O. The Morgan fingerprint density at radius 3 is 2.75 bits per heavy atom. The van der Waals surface area contributed by atoms with E-state index in [1.807, 2.05) is 52.9 Å². The highest BCUT2D eigenvalue weighted by Crippen LogP contribution is 2.16. The summed E-state index contributed by atoms with van der Waals surface area (Å²) in [6.45, 7) is 4.58. The van der Waals surface area contributed by atoms with E-state index in [1.165, 1.54) is 5.56 Å². The van der Waals surface area contributed by atoms with Crippen LogP contribution in [-0.4, -0.2) is 36.7 Å². The summed E-state index contributed by atoms with van der Waals surface area (Å²) < 4.78 is 4.08. The zero-order valence-corrected chi connectivity index (χ0v) is 13.6. The van der Waals surface area contributed by atoms with Gasteiger partial charge in [-0.15, -0.1) is 10.2 Å². The van der Waals surface area contributed by atoms with Crippen LogP contribution >= 0.6 is 0 Å². The van der Waals surface area contributed by atoms with E-state index in [0.29, 0.717) is 25.3 Å². The first kappa shape index (κ1) is 14.7. The molecule has 4 rings (SSSR count). The van der Waals surface area contributed by atoms with E-state index in [2.05, 4.69) is 26.9 Å². The third-order valence-electron chi connectivity index (χ3n) is 4.47. The molecule has 0 saturated heterocycles. The highest BCUT2D eigenvalue weighted by Gasteiger charge is 2.25. The summed E-state index contributed by atoms with van der Waals surface area (Å²) in [5, 5.41) is 8.27. The molecule has 2 aromatic heterocycles. The van der Waals surface area contributed by atoms with Gasteiger partial charge in [0.05, 0.1) is 6.54 Å². The zero-order chi connectivity index (χ0) is 16.5. The summed E-state index contributed by atoms with van der Waals surface area (Å²) in [6, 6.07) is 14.0. The van der Waals surface area contributed by atoms with Gasteiger partial charge in [-0.25, -0.2) is 0 Å². The number of fused-ring (bicyclic) bond motifs is 1. The van der Waals surface area contributed by atoms with Gasteiger partial charge >= 0.3 is 0 Å². The summed E-state index contributed by atoms with van der Waals surface area (Å²) in [6.07, 6.45) is 1.96. The second kappa shape index (κ2) is 5.96. The van der Waals surface area contributed by atoms with Crippen molar-refractivity contribution in [2.24, 2.45) is 0 Å². The van der Waals surface area contributed by atoms with Crippen molar-refractivity contribution in [3.05, 3.63) is 71.6 Å². The molecule has 0 N–H and O–H groups in total. The molecule has 6 nitrogen and oxygen atoms in total. The maximum Gasteiger partial charge on any atom is 0.270 e. The fraction of sp³-hybridized carbons (Fsp3) is 0.278. The minimum atomic E-state index is 0.0443. The monoisotopic (exact) mass is 321 g/mol. The standard InChI is InChI=1S/C18H19N5O/c1-14-19-20-17-13-22(10-11-23(14)17)18(24)16-8-5-9-21(16)12-15-6-3-2-4-7-15/h2-9H,10-13H2,1H3. The molecule has 3 heterocycles. The minimum absolute atomic E-state index is 0.0443. The second-order valence-corrected chi connectivity index (χ2v) is 6.05. The first-order valence-electron chi connectivity index (χ1n) is 8.09. The number of amides is 1. The lowest BCUT2D eigenvalue weighted by molar-refractivity contribution is 0.0696. The molecule has 1 aliphatic rings. The molecule has 3 aromatic rings. The zero-order valence-electron chi connectivity index (χ0n) is 13.6. The number of rotatable bonds is 3. The average molecular weight is 321 g/mol. The van der Waals surface area contributed by atoms with Crippen molar-refractivity contribution in [1.82, 2.24) is 24.2 Å². The lowest BCUT2D eigenvalue weighted by Crippen LogP contribution is -2.39. The van der Waals surface area contributed by atoms with Crippen molar-refractivity contribution >= 4 is 5.91 Å². The summed E-state index contributed by atoms with van der Waals surface area (Å²) in [5.41, 5.74) is 1.89. The molecule has 1 aliphatic heterocycles. The Labute approximate surface area is 140 Å². The molecule has 0 saturated carbocycles. The maximum atomic E-state index is 12.9. The van der Waals surface area contributed by atoms with Gasteiger partial charge in [-0.2, -0.15) is 0 Å². The van der Waals surface area contributed by atoms with Gasteiger partial charge in [0.2, 0.25) is 0 Å². The third kappa shape index (κ3) is 2.60. The molecule has 0 unspecified atom stereocenters. The largest absolute Gasteiger partial charge is 0.339 e. The van der Waals surface area contributed by atoms with Crippen molar-refractivity contribution in [1.29, 1.82) is 0 Å². The Morgan fingerprint density at radius 1 is 1.08 bits per heavy atom. The van der Waals surface area contributed by atoms with Gasteiger partial charge in [-0.05, 0) is 24.6 Å². The van der Waals surface area contributed by atoms with Crippen LogP contribution in [0.1, 0.15) is 27.7 Å². The van der Waals surface area contributed by atoms with E-state index in [0.717, 1.165) is 18.2 Å². The Kier molecular flexibility index (Phi) is 3.65. The van der Waals surface area contributed by atoms with E-state index < -0.39 is 0 Å². The fourth-order valence-corrected chi connectivity index (χ4v) is 3.16. The van der Waals surface area contributed by atoms with Crippen LogP contribution < -0.4 is 0 Å². The highest BCUT2D eigenvalue weighted by atomic mass is 16.2. The lowest BCUT2D eigenvalue weighted by Gasteiger charge is -2.28. The van der Waals surface area contributed by atoms with E-state index in [1.54, 1.807) is 0 Å². The van der Waals surface area contributed by atoms with Crippen LogP contribution in [0, 0.1) is 6.92 Å². The number of nitrogens with zero attached hydrogens (tertiary/aromatic N) is 5. The highest BCUT2D eigenvalue weighted by molar-refractivity contribution is 5.92. The molecular weight excluding hydrogens is 302 g/mol. The molecule has 0 radical (unpaired) electrons. The molecule has 1 amide bonds. The summed E-state index contributed by atoms with van der Waals surface area (Å²) >= 11 is 0. The normalized spacial score (nSPS) is 13.8. The minimum Gasteiger partial charge on any atom is -0.339 e. The van der Waals surface area contributed by atoms with Crippen LogP contribution in [0.25, 0.3) is 0 Å². The van der Waals surface area contributed by atoms with Crippen molar-refractivity contribution in [2.45, 2.75) is 26.6 Å². The van der Waals surface area contributed by atoms with Crippen molar-refractivity contribution in [2.75, 3.05) is 6.54 Å². The van der Waals surface area contributed by atoms with Gasteiger partial charge in [-0.3, -0.25) is 4.79 Å². The molecule has 24 heavy (non-hydrogen) atoms. The van der Waals surface area contributed by atoms with Gasteiger partial charge in [0.15, 0.2) is 5.82 Å². The SMILES string of the molecule is Cc1nnc2n1CCN(C(=O)c1cccn1Cc1ccccc1)C2. The van der Waals surface area contributed by atoms with E-state index in [4.69, 9.17) is 0 Å². The van der Waals surface area contributed by atoms with Crippen molar-refractivity contribution in [3.63, 3.8) is 0 Å². The molecule has 0 spiro atoms. The number of benzene rings is 1. The van der Waals surface area contributed by atoms with E-state index in [9.17, 15) is 4.79 Å². The molecule has 0 bridgehead atoms. The number of hydrogen-bond donors (Lipinski definition) is 0. The fourth-order valence-electron chi connectivity index (χ4n) is 3.16. The number of aromatic nitrogens is 4. The van der Waals surface area contributed by atoms with Gasteiger partial charge in [0, 0.05) is 25.8 Å². The smallest absolute Gasteiger partial charge is 0.270 e. The Balaban J connectivity index is 1.55. The molecule has 0 aliphatic carbocycles. The maximum absolute atomic E-state index is 12.9. The predicted molar refractivity (Wildman–Crippen MR) is 89.5 cm³/mol. The van der Waals surface area contributed by atoms with Gasteiger partial charge in [0.1, 0.15) is 11.5 Å². The number of aryl methyl sites for hydroxylation is 1. The topological polar surface area (TPSA) is 56.0 Å². The van der Waals surface area contributed by atoms with Crippen LogP contribution in [0.4, 0.5) is 0 Å². The van der Waals surface area contributed by atoms with Crippen LogP contribution in [0.15, 0.2) is 48.7 Å². The van der Waals surface area contributed by atoms with Crippen molar-refractivity contribution < 1.29 is 4.79 Å². The Morgan fingerprint density at radius 2 is 1.92 bits per heavy atom. The Hall–Kier alpha value is -2.89. The first-order valence-corrected chi connectivity index (χ1v) is 8.09. The molecule has 1 aromatic carbocycles. The first-order chi connectivity index (χ1) is 11.7. The second-order valence-electron chi connectivity index (χ2n) is 6.05. The molecule has 6 heteroatoms. The van der Waals surface area contributed by atoms with Gasteiger partial charge in [0.25, 0.3) is 5.91 Å². The lowest BCUT2D eigenvalue weighted by atomic mass is 10.2. The third-order valence-corrected chi connectivity index (χ3v) is 4.47. The van der Waals surface area contributed by atoms with Crippen molar-refractivity contribution in [3.8, 4) is 0 Å². The predicted octanol–water partition coefficient (Wildman–Crippen LogP) is 2.09. The quantitative estimate of drug-likeness (QED) is 0.742. The number of hydrogen-bond acceptors (Lipinski definition) is 3. The summed E-state index contributed by atoms with van der Waals surface area (Å²) in [5.74, 6) is 1.81.